The summed E-state index contributed by atoms with van der Waals surface area (Å²) >= 11 is 0. The Bertz CT molecular complexity index is 1070. The second-order valence-electron chi connectivity index (χ2n) is 7.54. The maximum atomic E-state index is 13.0. The molecule has 1 amide bonds. The van der Waals surface area contributed by atoms with Crippen molar-refractivity contribution in [1.82, 2.24) is 20.4 Å². The van der Waals surface area contributed by atoms with Crippen molar-refractivity contribution in [3.63, 3.8) is 0 Å². The maximum Gasteiger partial charge on any atom is 0.263 e. The molecule has 0 saturated carbocycles. The molecule has 3 aromatic rings. The largest absolute Gasteiger partial charge is 0.497 e. The van der Waals surface area contributed by atoms with Crippen LogP contribution in [0.3, 0.4) is 0 Å². The summed E-state index contributed by atoms with van der Waals surface area (Å²) in [4.78, 5) is 23.8. The highest BCUT2D eigenvalue weighted by Gasteiger charge is 2.29. The quantitative estimate of drug-likeness (QED) is 0.616. The van der Waals surface area contributed by atoms with E-state index in [1.165, 1.54) is 6.33 Å². The number of aromatic nitrogens is 3. The van der Waals surface area contributed by atoms with Crippen LogP contribution in [0.5, 0.6) is 11.5 Å². The molecule has 0 bridgehead atoms. The van der Waals surface area contributed by atoms with E-state index in [9.17, 15) is 4.79 Å². The second kappa shape index (κ2) is 9.20. The topological polar surface area (TPSA) is 103 Å². The van der Waals surface area contributed by atoms with Crippen molar-refractivity contribution in [3.05, 3.63) is 35.8 Å². The molecule has 1 aliphatic rings. The average Bonchev–Trinajstić information content (AvgIpc) is 3.25. The third-order valence-corrected chi connectivity index (χ3v) is 5.69. The zero-order valence-corrected chi connectivity index (χ0v) is 18.1. The second-order valence-corrected chi connectivity index (χ2v) is 7.54. The fourth-order valence-corrected chi connectivity index (χ4v) is 4.04. The molecule has 4 rings (SSSR count). The molecule has 3 heterocycles. The molecule has 0 radical (unpaired) electrons. The lowest BCUT2D eigenvalue weighted by atomic mass is 9.96. The normalized spacial score (nSPS) is 16.4. The number of ether oxygens (including phenoxy) is 2. The maximum absolute atomic E-state index is 13.0. The van der Waals surface area contributed by atoms with Crippen LogP contribution >= 0.6 is 0 Å². The first-order valence-electron chi connectivity index (χ1n) is 10.5. The Morgan fingerprint density at radius 1 is 1.29 bits per heavy atom. The predicted octanol–water partition coefficient (Wildman–Crippen LogP) is 2.73. The van der Waals surface area contributed by atoms with Crippen molar-refractivity contribution in [2.45, 2.75) is 32.7 Å². The van der Waals surface area contributed by atoms with Gasteiger partial charge in [0.25, 0.3) is 5.71 Å². The lowest BCUT2D eigenvalue weighted by molar-refractivity contribution is -0.125. The van der Waals surface area contributed by atoms with Gasteiger partial charge in [-0.3, -0.25) is 4.79 Å². The fraction of sp³-hybridized carbons (Fsp3) is 0.455. The summed E-state index contributed by atoms with van der Waals surface area (Å²) in [6, 6.07) is 5.55. The molecule has 1 unspecified atom stereocenters. The minimum absolute atomic E-state index is 0.0147. The van der Waals surface area contributed by atoms with E-state index >= 15 is 0 Å². The number of piperidine rings is 1. The van der Waals surface area contributed by atoms with Gasteiger partial charge in [-0.25, -0.2) is 4.98 Å². The number of benzene rings is 1. The molecule has 1 atom stereocenters. The summed E-state index contributed by atoms with van der Waals surface area (Å²) in [5, 5.41) is 8.01. The number of anilines is 1. The van der Waals surface area contributed by atoms with E-state index in [1.807, 2.05) is 25.1 Å². The highest BCUT2D eigenvalue weighted by molar-refractivity contribution is 5.88. The van der Waals surface area contributed by atoms with Crippen LogP contribution in [-0.4, -0.2) is 48.3 Å². The summed E-state index contributed by atoms with van der Waals surface area (Å²) in [5.74, 6) is 2.10. The Morgan fingerprint density at radius 2 is 2.16 bits per heavy atom. The summed E-state index contributed by atoms with van der Waals surface area (Å²) in [5.41, 5.74) is 2.19. The Morgan fingerprint density at radius 3 is 2.94 bits per heavy atom. The van der Waals surface area contributed by atoms with Crippen molar-refractivity contribution in [2.75, 3.05) is 32.2 Å². The zero-order valence-electron chi connectivity index (χ0n) is 18.1. The van der Waals surface area contributed by atoms with Gasteiger partial charge >= 0.3 is 0 Å². The number of methoxy groups -OCH3 is 2. The first kappa shape index (κ1) is 20.9. The van der Waals surface area contributed by atoms with Crippen molar-refractivity contribution in [2.24, 2.45) is 5.92 Å². The minimum atomic E-state index is -0.139. The first-order valence-corrected chi connectivity index (χ1v) is 10.5. The van der Waals surface area contributed by atoms with Gasteiger partial charge in [-0.05, 0) is 37.5 Å². The molecule has 9 nitrogen and oxygen atoms in total. The van der Waals surface area contributed by atoms with Gasteiger partial charge < -0.3 is 24.2 Å². The standard InChI is InChI=1S/C22H27N5O4/c1-4-17-19-20(24-13-25-22(19)31-26-17)27-9-5-6-14(12-27)21(28)23-11-15-10-16(29-2)7-8-18(15)30-3/h7-8,10,13-14H,4-6,9,11-12H2,1-3H3,(H,23,28). The molecular weight excluding hydrogens is 398 g/mol. The number of nitrogens with zero attached hydrogens (tertiary/aromatic N) is 4. The number of hydrogen-bond donors (Lipinski definition) is 1. The number of carbonyl (C=O) groups is 1. The monoisotopic (exact) mass is 425 g/mol. The van der Waals surface area contributed by atoms with Crippen LogP contribution in [-0.2, 0) is 17.8 Å². The predicted molar refractivity (Wildman–Crippen MR) is 115 cm³/mol. The van der Waals surface area contributed by atoms with E-state index in [0.717, 1.165) is 54.0 Å². The van der Waals surface area contributed by atoms with E-state index < -0.39 is 0 Å². The van der Waals surface area contributed by atoms with E-state index in [-0.39, 0.29) is 11.8 Å². The number of amides is 1. The van der Waals surface area contributed by atoms with E-state index in [4.69, 9.17) is 14.0 Å². The van der Waals surface area contributed by atoms with E-state index in [2.05, 4.69) is 25.3 Å². The fourth-order valence-electron chi connectivity index (χ4n) is 4.04. The third-order valence-electron chi connectivity index (χ3n) is 5.69. The van der Waals surface area contributed by atoms with Gasteiger partial charge in [-0.15, -0.1) is 0 Å². The number of rotatable bonds is 7. The van der Waals surface area contributed by atoms with Gasteiger partial charge in [-0.2, -0.15) is 4.98 Å². The van der Waals surface area contributed by atoms with Gasteiger partial charge in [-0.1, -0.05) is 12.1 Å². The van der Waals surface area contributed by atoms with Gasteiger partial charge in [0.1, 0.15) is 29.0 Å². The molecule has 2 aromatic heterocycles. The number of hydrogen-bond acceptors (Lipinski definition) is 8. The van der Waals surface area contributed by atoms with E-state index in [0.29, 0.717) is 24.6 Å². The van der Waals surface area contributed by atoms with Gasteiger partial charge in [0.2, 0.25) is 5.91 Å². The molecule has 31 heavy (non-hydrogen) atoms. The van der Waals surface area contributed by atoms with E-state index in [1.54, 1.807) is 14.2 Å². The van der Waals surface area contributed by atoms with Crippen LogP contribution in [0.1, 0.15) is 31.0 Å². The molecule has 1 saturated heterocycles. The van der Waals surface area contributed by atoms with Crippen LogP contribution in [0.25, 0.3) is 11.1 Å². The highest BCUT2D eigenvalue weighted by atomic mass is 16.5. The molecule has 1 N–H and O–H groups in total. The van der Waals surface area contributed by atoms with Crippen LogP contribution in [0.2, 0.25) is 0 Å². The number of nitrogens with one attached hydrogen (secondary N) is 1. The number of aryl methyl sites for hydroxylation is 1. The van der Waals surface area contributed by atoms with Crippen LogP contribution in [0.15, 0.2) is 29.0 Å². The van der Waals surface area contributed by atoms with Crippen molar-refractivity contribution in [3.8, 4) is 11.5 Å². The molecular formula is C22H27N5O4. The molecule has 0 aliphatic carbocycles. The molecule has 164 valence electrons. The highest BCUT2D eigenvalue weighted by Crippen LogP contribution is 2.30. The van der Waals surface area contributed by atoms with Crippen molar-refractivity contribution < 1.29 is 18.8 Å². The molecule has 1 aromatic carbocycles. The van der Waals surface area contributed by atoms with Crippen molar-refractivity contribution in [1.29, 1.82) is 0 Å². The Hall–Kier alpha value is -3.36. The summed E-state index contributed by atoms with van der Waals surface area (Å²) < 4.78 is 16.0. The minimum Gasteiger partial charge on any atom is -0.497 e. The summed E-state index contributed by atoms with van der Waals surface area (Å²) in [6.45, 7) is 3.81. The molecule has 1 aliphatic heterocycles. The van der Waals surface area contributed by atoms with Crippen LogP contribution < -0.4 is 19.7 Å². The number of carbonyl (C=O) groups excluding carboxylic acids is 1. The van der Waals surface area contributed by atoms with Gasteiger partial charge in [0.15, 0.2) is 0 Å². The summed E-state index contributed by atoms with van der Waals surface area (Å²) in [7, 11) is 3.23. The SMILES string of the molecule is CCc1noc2ncnc(N3CCCC(C(=O)NCc4cc(OC)ccc4OC)C3)c12. The lowest BCUT2D eigenvalue weighted by Gasteiger charge is -2.33. The smallest absolute Gasteiger partial charge is 0.263 e. The summed E-state index contributed by atoms with van der Waals surface area (Å²) in [6.07, 6.45) is 3.95. The van der Waals surface area contributed by atoms with Crippen LogP contribution in [0.4, 0.5) is 5.82 Å². The zero-order chi connectivity index (χ0) is 21.8. The molecule has 0 spiro atoms. The first-order chi connectivity index (χ1) is 15.1. The molecule has 9 heteroatoms. The Balaban J connectivity index is 1.47. The van der Waals surface area contributed by atoms with Crippen LogP contribution in [0, 0.1) is 5.92 Å². The lowest BCUT2D eigenvalue weighted by Crippen LogP contribution is -2.43. The average molecular weight is 425 g/mol. The van der Waals surface area contributed by atoms with Gasteiger partial charge in [0, 0.05) is 25.2 Å². The molecule has 1 fully saturated rings. The third kappa shape index (κ3) is 4.26. The Kier molecular flexibility index (Phi) is 6.20. The van der Waals surface area contributed by atoms with Crippen molar-refractivity contribution >= 4 is 22.8 Å². The van der Waals surface area contributed by atoms with Gasteiger partial charge in [0.05, 0.1) is 25.8 Å². The Labute approximate surface area is 180 Å². The number of fused-ring (bicyclic) bond motifs is 1.